The lowest BCUT2D eigenvalue weighted by Gasteiger charge is -2.11. The normalized spacial score (nSPS) is 15.0. The van der Waals surface area contributed by atoms with Crippen LogP contribution in [-0.4, -0.2) is 20.8 Å². The molecule has 5 nitrogen and oxygen atoms in total. The molecule has 3 N–H and O–H groups in total. The molecule has 0 bridgehead atoms. The number of hydrogen-bond acceptors (Lipinski definition) is 3. The summed E-state index contributed by atoms with van der Waals surface area (Å²) in [5, 5.41) is 14.7. The Labute approximate surface area is 95.7 Å². The third-order valence-electron chi connectivity index (χ3n) is 2.34. The summed E-state index contributed by atoms with van der Waals surface area (Å²) in [7, 11) is 0. The number of oxime groups is 1. The number of rotatable bonds is 3. The Morgan fingerprint density at radius 3 is 2.65 bits per heavy atom. The number of halogens is 3. The Balaban J connectivity index is 2.90. The highest BCUT2D eigenvalue weighted by molar-refractivity contribution is 5.81. The van der Waals surface area contributed by atoms with E-state index in [1.54, 1.807) is 6.92 Å². The average molecular weight is 250 g/mol. The van der Waals surface area contributed by atoms with Gasteiger partial charge in [0, 0.05) is 11.6 Å². The van der Waals surface area contributed by atoms with Crippen LogP contribution in [0.3, 0.4) is 0 Å². The topological polar surface area (TPSA) is 76.4 Å². The summed E-state index contributed by atoms with van der Waals surface area (Å²) in [6, 6.07) is 0.957. The van der Waals surface area contributed by atoms with Gasteiger partial charge in [-0.05, 0) is 13.0 Å². The maximum Gasteiger partial charge on any atom is 0.435 e. The molecule has 0 spiro atoms. The van der Waals surface area contributed by atoms with Crippen LogP contribution in [0.25, 0.3) is 0 Å². The molecule has 96 valence electrons. The highest BCUT2D eigenvalue weighted by atomic mass is 19.4. The van der Waals surface area contributed by atoms with Crippen LogP contribution in [-0.2, 0) is 12.7 Å². The van der Waals surface area contributed by atoms with Crippen molar-refractivity contribution in [3.63, 3.8) is 0 Å². The minimum absolute atomic E-state index is 0.0477. The maximum absolute atomic E-state index is 12.4. The number of hydrogen-bond donors (Lipinski definition) is 2. The molecule has 0 aliphatic rings. The van der Waals surface area contributed by atoms with E-state index < -0.39 is 17.8 Å². The zero-order valence-electron chi connectivity index (χ0n) is 9.36. The molecule has 0 aliphatic heterocycles. The fourth-order valence-corrected chi connectivity index (χ4v) is 1.28. The lowest BCUT2D eigenvalue weighted by Crippen LogP contribution is -2.26. The summed E-state index contributed by atoms with van der Waals surface area (Å²) in [5.74, 6) is -0.451. The van der Waals surface area contributed by atoms with Crippen molar-refractivity contribution >= 4 is 5.84 Å². The van der Waals surface area contributed by atoms with Gasteiger partial charge in [0.05, 0.1) is 6.54 Å². The molecular formula is C9H13F3N4O. The van der Waals surface area contributed by atoms with E-state index in [-0.39, 0.29) is 12.4 Å². The molecule has 8 heteroatoms. The van der Waals surface area contributed by atoms with Crippen molar-refractivity contribution < 1.29 is 18.4 Å². The van der Waals surface area contributed by atoms with Gasteiger partial charge in [0.25, 0.3) is 0 Å². The average Bonchev–Trinajstić information content (AvgIpc) is 2.58. The molecule has 0 radical (unpaired) electrons. The lowest BCUT2D eigenvalue weighted by atomic mass is 10.1. The van der Waals surface area contributed by atoms with Gasteiger partial charge < -0.3 is 10.9 Å². The van der Waals surface area contributed by atoms with Crippen LogP contribution in [0.1, 0.15) is 18.3 Å². The number of nitrogens with two attached hydrogens (primary N) is 1. The van der Waals surface area contributed by atoms with Gasteiger partial charge in [-0.3, -0.25) is 4.68 Å². The molecule has 1 aromatic rings. The van der Waals surface area contributed by atoms with Crippen molar-refractivity contribution in [3.05, 3.63) is 17.5 Å². The van der Waals surface area contributed by atoms with Crippen molar-refractivity contribution in [1.29, 1.82) is 0 Å². The Kier molecular flexibility index (Phi) is 3.64. The molecule has 0 amide bonds. The molecule has 0 unspecified atom stereocenters. The van der Waals surface area contributed by atoms with Crippen LogP contribution < -0.4 is 5.73 Å². The smallest absolute Gasteiger partial charge is 0.409 e. The van der Waals surface area contributed by atoms with Gasteiger partial charge in [0.2, 0.25) is 0 Å². The molecule has 0 fully saturated rings. The lowest BCUT2D eigenvalue weighted by molar-refractivity contribution is -0.141. The molecule has 1 rings (SSSR count). The number of aryl methyl sites for hydroxylation is 1. The largest absolute Gasteiger partial charge is 0.435 e. The van der Waals surface area contributed by atoms with Crippen LogP contribution in [0.4, 0.5) is 13.2 Å². The third-order valence-corrected chi connectivity index (χ3v) is 2.34. The van der Waals surface area contributed by atoms with Crippen LogP contribution >= 0.6 is 0 Å². The summed E-state index contributed by atoms with van der Waals surface area (Å²) in [4.78, 5) is 0. The summed E-state index contributed by atoms with van der Waals surface area (Å²) < 4.78 is 38.3. The molecule has 0 aromatic carbocycles. The van der Waals surface area contributed by atoms with Crippen molar-refractivity contribution in [3.8, 4) is 0 Å². The summed E-state index contributed by atoms with van der Waals surface area (Å²) in [6.45, 7) is 3.27. The van der Waals surface area contributed by atoms with E-state index in [9.17, 15) is 13.2 Å². The quantitative estimate of drug-likeness (QED) is 0.370. The Bertz CT molecular complexity index is 424. The molecule has 1 atom stereocenters. The first kappa shape index (κ1) is 13.3. The molecular weight excluding hydrogens is 237 g/mol. The van der Waals surface area contributed by atoms with Gasteiger partial charge in [-0.1, -0.05) is 12.1 Å². The highest BCUT2D eigenvalue weighted by Crippen LogP contribution is 2.28. The van der Waals surface area contributed by atoms with Crippen LogP contribution in [0, 0.1) is 12.8 Å². The molecule has 1 heterocycles. The summed E-state index contributed by atoms with van der Waals surface area (Å²) >= 11 is 0. The second-order valence-corrected chi connectivity index (χ2v) is 3.78. The zero-order valence-corrected chi connectivity index (χ0v) is 9.36. The second-order valence-electron chi connectivity index (χ2n) is 3.78. The van der Waals surface area contributed by atoms with Crippen LogP contribution in [0.15, 0.2) is 11.2 Å². The molecule has 0 saturated heterocycles. The number of nitrogens with zero attached hydrogens (tertiary/aromatic N) is 3. The van der Waals surface area contributed by atoms with E-state index in [1.807, 2.05) is 0 Å². The van der Waals surface area contributed by atoms with Gasteiger partial charge in [0.15, 0.2) is 5.69 Å². The maximum atomic E-state index is 12.4. The van der Waals surface area contributed by atoms with E-state index in [1.165, 1.54) is 11.6 Å². The molecule has 0 aliphatic carbocycles. The fourth-order valence-electron chi connectivity index (χ4n) is 1.28. The number of amidine groups is 1. The predicted molar refractivity (Wildman–Crippen MR) is 54.5 cm³/mol. The van der Waals surface area contributed by atoms with Crippen LogP contribution in [0.2, 0.25) is 0 Å². The van der Waals surface area contributed by atoms with E-state index in [0.717, 1.165) is 6.07 Å². The van der Waals surface area contributed by atoms with Gasteiger partial charge in [0.1, 0.15) is 5.84 Å². The van der Waals surface area contributed by atoms with Crippen molar-refractivity contribution in [2.75, 3.05) is 0 Å². The Morgan fingerprint density at radius 1 is 1.65 bits per heavy atom. The molecule has 17 heavy (non-hydrogen) atoms. The van der Waals surface area contributed by atoms with Gasteiger partial charge in [-0.25, -0.2) is 0 Å². The van der Waals surface area contributed by atoms with E-state index in [2.05, 4.69) is 10.3 Å². The molecule has 0 saturated carbocycles. The monoisotopic (exact) mass is 250 g/mol. The SMILES string of the molecule is Cc1cc(C(F)(F)F)nn1C[C@@H](C)/C(N)=N/O. The van der Waals surface area contributed by atoms with E-state index in [0.29, 0.717) is 5.69 Å². The summed E-state index contributed by atoms with van der Waals surface area (Å²) in [6.07, 6.45) is -4.46. The first-order valence-corrected chi connectivity index (χ1v) is 4.84. The Morgan fingerprint density at radius 2 is 2.24 bits per heavy atom. The summed E-state index contributed by atoms with van der Waals surface area (Å²) in [5.41, 5.74) is 4.77. The minimum atomic E-state index is -4.46. The standard InChI is InChI=1S/C9H13F3N4O/c1-5(8(13)15-17)4-16-6(2)3-7(14-16)9(10,11)12/h3,5,17H,4H2,1-2H3,(H2,13,15)/t5-/m1/s1. The second kappa shape index (κ2) is 4.64. The predicted octanol–water partition coefficient (Wildman–Crippen LogP) is 1.59. The third kappa shape index (κ3) is 3.11. The van der Waals surface area contributed by atoms with Gasteiger partial charge >= 0.3 is 6.18 Å². The highest BCUT2D eigenvalue weighted by Gasteiger charge is 2.34. The van der Waals surface area contributed by atoms with Crippen LogP contribution in [0.5, 0.6) is 0 Å². The molecule has 1 aromatic heterocycles. The fraction of sp³-hybridized carbons (Fsp3) is 0.556. The zero-order chi connectivity index (χ0) is 13.2. The first-order valence-electron chi connectivity index (χ1n) is 4.84. The first-order chi connectivity index (χ1) is 7.75. The number of aromatic nitrogens is 2. The van der Waals surface area contributed by atoms with Crippen molar-refractivity contribution in [2.24, 2.45) is 16.8 Å². The van der Waals surface area contributed by atoms with Crippen molar-refractivity contribution in [2.45, 2.75) is 26.6 Å². The Hall–Kier alpha value is -1.73. The van der Waals surface area contributed by atoms with E-state index >= 15 is 0 Å². The number of alkyl halides is 3. The van der Waals surface area contributed by atoms with E-state index in [4.69, 9.17) is 10.9 Å². The van der Waals surface area contributed by atoms with Crippen molar-refractivity contribution in [1.82, 2.24) is 9.78 Å². The minimum Gasteiger partial charge on any atom is -0.409 e. The van der Waals surface area contributed by atoms with Gasteiger partial charge in [-0.2, -0.15) is 18.3 Å². The van der Waals surface area contributed by atoms with Gasteiger partial charge in [-0.15, -0.1) is 0 Å².